The smallest absolute Gasteiger partial charge is 0.153 e. The van der Waals surface area contributed by atoms with Crippen LogP contribution in [0.2, 0.25) is 0 Å². The number of carbonyl (C=O) groups excluding carboxylic acids is 1. The first-order chi connectivity index (χ1) is 17.0. The molecule has 8 nitrogen and oxygen atoms in total. The lowest BCUT2D eigenvalue weighted by atomic mass is 10.2. The zero-order chi connectivity index (χ0) is 25.0. The number of nitrogens with two attached hydrogens (primary N) is 1. The van der Waals surface area contributed by atoms with E-state index in [1.54, 1.807) is 37.0 Å². The second-order valence-corrected chi connectivity index (χ2v) is 9.24. The van der Waals surface area contributed by atoms with Crippen molar-refractivity contribution in [3.05, 3.63) is 71.0 Å². The van der Waals surface area contributed by atoms with Crippen LogP contribution in [-0.2, 0) is 22.4 Å². The van der Waals surface area contributed by atoms with Crippen LogP contribution in [0.3, 0.4) is 0 Å². The number of nitrogen functional groups attached to an aromatic ring is 1. The number of benzene rings is 2. The summed E-state index contributed by atoms with van der Waals surface area (Å²) < 4.78 is 19.6. The molecular formula is C26H34N4O4S. The summed E-state index contributed by atoms with van der Waals surface area (Å²) in [6.45, 7) is 6.89. The van der Waals surface area contributed by atoms with Crippen molar-refractivity contribution < 1.29 is 19.0 Å². The van der Waals surface area contributed by atoms with Crippen LogP contribution >= 0.6 is 11.9 Å². The lowest BCUT2D eigenvalue weighted by molar-refractivity contribution is 0.0773. The normalized spacial score (nSPS) is 13.7. The highest BCUT2D eigenvalue weighted by Gasteiger charge is 2.13. The molecule has 188 valence electrons. The first-order valence-electron chi connectivity index (χ1n) is 11.5. The minimum atomic E-state index is 0.553. The third kappa shape index (κ3) is 8.40. The summed E-state index contributed by atoms with van der Waals surface area (Å²) in [6, 6.07) is 13.8. The van der Waals surface area contributed by atoms with E-state index in [9.17, 15) is 4.79 Å². The van der Waals surface area contributed by atoms with Crippen LogP contribution in [0.5, 0.6) is 5.75 Å². The second kappa shape index (κ2) is 13.9. The summed E-state index contributed by atoms with van der Waals surface area (Å²) in [7, 11) is 3.27. The highest BCUT2D eigenvalue weighted by molar-refractivity contribution is 7.97. The van der Waals surface area contributed by atoms with Gasteiger partial charge >= 0.3 is 0 Å². The number of aromatic nitrogens is 2. The van der Waals surface area contributed by atoms with Crippen LogP contribution in [0.15, 0.2) is 53.6 Å². The first-order valence-corrected chi connectivity index (χ1v) is 12.3. The van der Waals surface area contributed by atoms with Crippen molar-refractivity contribution >= 4 is 23.9 Å². The van der Waals surface area contributed by atoms with Crippen LogP contribution in [0.1, 0.15) is 27.2 Å². The molecule has 1 fully saturated rings. The molecule has 0 spiro atoms. The molecule has 0 saturated carbocycles. The van der Waals surface area contributed by atoms with Crippen LogP contribution in [-0.4, -0.2) is 67.5 Å². The molecule has 0 unspecified atom stereocenters. The Balaban J connectivity index is 0.000000203. The van der Waals surface area contributed by atoms with Gasteiger partial charge in [-0.2, -0.15) is 5.10 Å². The van der Waals surface area contributed by atoms with Gasteiger partial charge in [0, 0.05) is 43.4 Å². The van der Waals surface area contributed by atoms with E-state index in [2.05, 4.69) is 22.4 Å². The monoisotopic (exact) mass is 498 g/mol. The minimum absolute atomic E-state index is 0.553. The Morgan fingerprint density at radius 2 is 1.97 bits per heavy atom. The fourth-order valence-electron chi connectivity index (χ4n) is 3.50. The molecule has 0 aliphatic carbocycles. The van der Waals surface area contributed by atoms with Crippen molar-refractivity contribution in [2.75, 3.05) is 52.9 Å². The molecule has 0 amide bonds. The van der Waals surface area contributed by atoms with Gasteiger partial charge < -0.3 is 19.9 Å². The van der Waals surface area contributed by atoms with Crippen molar-refractivity contribution in [2.24, 2.45) is 0 Å². The van der Waals surface area contributed by atoms with Crippen LogP contribution in [0.4, 0.5) is 5.69 Å². The largest absolute Gasteiger partial charge is 0.497 e. The number of aryl methyl sites for hydroxylation is 1. The molecule has 1 aliphatic rings. The summed E-state index contributed by atoms with van der Waals surface area (Å²) >= 11 is 1.78. The van der Waals surface area contributed by atoms with E-state index in [0.29, 0.717) is 25.1 Å². The Kier molecular flexibility index (Phi) is 10.6. The number of aldehydes is 1. The van der Waals surface area contributed by atoms with E-state index in [4.69, 9.17) is 19.9 Å². The maximum Gasteiger partial charge on any atom is 0.153 e. The SMILES string of the molecule is COCCc1nn(Cc2cccc(OC)c2)cc1C=O.Cc1ccc(N)cc1SN1CCOCC1. The van der Waals surface area contributed by atoms with E-state index < -0.39 is 0 Å². The van der Waals surface area contributed by atoms with Crippen LogP contribution in [0.25, 0.3) is 0 Å². The number of hydrogen-bond donors (Lipinski definition) is 1. The van der Waals surface area contributed by atoms with Gasteiger partial charge in [-0.15, -0.1) is 0 Å². The predicted octanol–water partition coefficient (Wildman–Crippen LogP) is 3.86. The van der Waals surface area contributed by atoms with Crippen molar-refractivity contribution in [1.29, 1.82) is 0 Å². The van der Waals surface area contributed by atoms with Crippen molar-refractivity contribution in [1.82, 2.24) is 14.1 Å². The van der Waals surface area contributed by atoms with E-state index >= 15 is 0 Å². The molecule has 0 bridgehead atoms. The van der Waals surface area contributed by atoms with Gasteiger partial charge in [-0.05, 0) is 54.3 Å². The molecule has 9 heteroatoms. The van der Waals surface area contributed by atoms with Crippen molar-refractivity contribution in [3.8, 4) is 5.75 Å². The fraction of sp³-hybridized carbons (Fsp3) is 0.385. The summed E-state index contributed by atoms with van der Waals surface area (Å²) in [4.78, 5) is 12.3. The molecule has 0 atom stereocenters. The van der Waals surface area contributed by atoms with Gasteiger partial charge in [-0.1, -0.05) is 18.2 Å². The van der Waals surface area contributed by atoms with Crippen molar-refractivity contribution in [2.45, 2.75) is 24.8 Å². The van der Waals surface area contributed by atoms with Gasteiger partial charge in [0.1, 0.15) is 5.75 Å². The molecular weight excluding hydrogens is 464 g/mol. The Labute approximate surface area is 211 Å². The lowest BCUT2D eigenvalue weighted by Gasteiger charge is -2.25. The first kappa shape index (κ1) is 26.7. The number of hydrogen-bond acceptors (Lipinski definition) is 8. The van der Waals surface area contributed by atoms with E-state index in [0.717, 1.165) is 55.3 Å². The van der Waals surface area contributed by atoms with E-state index in [1.807, 2.05) is 36.4 Å². The molecule has 2 aromatic carbocycles. The fourth-order valence-corrected chi connectivity index (χ4v) is 4.51. The minimum Gasteiger partial charge on any atom is -0.497 e. The molecule has 35 heavy (non-hydrogen) atoms. The van der Waals surface area contributed by atoms with Gasteiger partial charge in [0.25, 0.3) is 0 Å². The Morgan fingerprint density at radius 3 is 2.69 bits per heavy atom. The summed E-state index contributed by atoms with van der Waals surface area (Å²) in [6.07, 6.45) is 3.23. The molecule has 0 radical (unpaired) electrons. The zero-order valence-electron chi connectivity index (χ0n) is 20.6. The van der Waals surface area contributed by atoms with E-state index in [1.165, 1.54) is 10.5 Å². The number of nitrogens with zero attached hydrogens (tertiary/aromatic N) is 3. The van der Waals surface area contributed by atoms with Gasteiger partial charge in [0.05, 0.1) is 44.7 Å². The zero-order valence-corrected chi connectivity index (χ0v) is 21.4. The Hall–Kier alpha value is -2.85. The third-order valence-electron chi connectivity index (χ3n) is 5.43. The van der Waals surface area contributed by atoms with E-state index in [-0.39, 0.29) is 0 Å². The Morgan fingerprint density at radius 1 is 1.17 bits per heavy atom. The topological polar surface area (TPSA) is 91.8 Å². The highest BCUT2D eigenvalue weighted by atomic mass is 32.2. The number of morpholine rings is 1. The number of ether oxygens (including phenoxy) is 3. The van der Waals surface area contributed by atoms with Gasteiger partial charge in [-0.25, -0.2) is 4.31 Å². The van der Waals surface area contributed by atoms with Gasteiger partial charge in [-0.3, -0.25) is 9.48 Å². The number of rotatable bonds is 9. The third-order valence-corrected chi connectivity index (χ3v) is 6.69. The maximum absolute atomic E-state index is 11.0. The average Bonchev–Trinajstić information content (AvgIpc) is 3.27. The average molecular weight is 499 g/mol. The quantitative estimate of drug-likeness (QED) is 0.270. The number of anilines is 1. The second-order valence-electron chi connectivity index (χ2n) is 8.10. The van der Waals surface area contributed by atoms with Gasteiger partial charge in [0.15, 0.2) is 6.29 Å². The summed E-state index contributed by atoms with van der Waals surface area (Å²) in [5, 5.41) is 4.43. The number of methoxy groups -OCH3 is 2. The van der Waals surface area contributed by atoms with Gasteiger partial charge in [0.2, 0.25) is 0 Å². The molecule has 1 saturated heterocycles. The van der Waals surface area contributed by atoms with Crippen LogP contribution < -0.4 is 10.5 Å². The van der Waals surface area contributed by atoms with Crippen LogP contribution in [0, 0.1) is 6.92 Å². The summed E-state index contributed by atoms with van der Waals surface area (Å²) in [5.41, 5.74) is 10.3. The molecule has 4 rings (SSSR count). The standard InChI is InChI=1S/C15H18N2O3.C11H16N2OS/c1-19-7-6-15-13(11-18)10-17(16-15)9-12-4-3-5-14(8-12)20-2;1-9-2-3-10(12)8-11(9)15-13-4-6-14-7-5-13/h3-5,8,10-11H,6-7,9H2,1-2H3;2-3,8H,4-7,12H2,1H3. The maximum atomic E-state index is 11.0. The molecule has 2 N–H and O–H groups in total. The Bertz CT molecular complexity index is 1080. The number of carbonyl (C=O) groups is 1. The molecule has 1 aromatic heterocycles. The summed E-state index contributed by atoms with van der Waals surface area (Å²) in [5.74, 6) is 0.810. The highest BCUT2D eigenvalue weighted by Crippen LogP contribution is 2.28. The lowest BCUT2D eigenvalue weighted by Crippen LogP contribution is -2.30. The molecule has 2 heterocycles. The predicted molar refractivity (Wildman–Crippen MR) is 139 cm³/mol. The molecule has 1 aliphatic heterocycles. The van der Waals surface area contributed by atoms with Crippen molar-refractivity contribution in [3.63, 3.8) is 0 Å². The molecule has 3 aromatic rings.